The zero-order valence-electron chi connectivity index (χ0n) is 17.9. The van der Waals surface area contributed by atoms with Crippen LogP contribution in [0, 0.1) is 11.3 Å². The lowest BCUT2D eigenvalue weighted by atomic mass is 9.71. The van der Waals surface area contributed by atoms with Crippen molar-refractivity contribution in [3.8, 4) is 0 Å². The second-order valence-corrected chi connectivity index (χ2v) is 9.59. The number of carbonyl (C=O) groups is 1. The van der Waals surface area contributed by atoms with Gasteiger partial charge in [-0.05, 0) is 69.7 Å². The van der Waals surface area contributed by atoms with Crippen molar-refractivity contribution >= 4 is 5.91 Å². The SMILES string of the molecule is CC1=C(CCN2CCCC(CCC(=O)N3CCOCC3)C2)C(C)(C)CCC1. The standard InChI is InChI=1S/C23H40N2O2/c1-19-6-4-11-23(2,3)21(19)10-13-24-12-5-7-20(18-24)8-9-22(26)25-14-16-27-17-15-25/h20H,4-18H2,1-3H3. The van der Waals surface area contributed by atoms with E-state index >= 15 is 0 Å². The summed E-state index contributed by atoms with van der Waals surface area (Å²) in [5.74, 6) is 1.03. The van der Waals surface area contributed by atoms with Crippen LogP contribution in [0.2, 0.25) is 0 Å². The summed E-state index contributed by atoms with van der Waals surface area (Å²) in [7, 11) is 0. The lowest BCUT2D eigenvalue weighted by molar-refractivity contribution is -0.135. The first-order chi connectivity index (χ1) is 13.0. The molecule has 1 atom stereocenters. The van der Waals surface area contributed by atoms with Crippen LogP contribution < -0.4 is 0 Å². The van der Waals surface area contributed by atoms with E-state index in [1.165, 1.54) is 58.2 Å². The highest BCUT2D eigenvalue weighted by molar-refractivity contribution is 5.76. The molecule has 0 aromatic heterocycles. The summed E-state index contributed by atoms with van der Waals surface area (Å²) in [5.41, 5.74) is 3.76. The van der Waals surface area contributed by atoms with Gasteiger partial charge >= 0.3 is 0 Å². The van der Waals surface area contributed by atoms with Crippen LogP contribution in [-0.4, -0.2) is 61.6 Å². The minimum atomic E-state index is 0.333. The number of nitrogens with zero attached hydrogens (tertiary/aromatic N) is 2. The quantitative estimate of drug-likeness (QED) is 0.650. The minimum Gasteiger partial charge on any atom is -0.378 e. The van der Waals surface area contributed by atoms with Crippen LogP contribution in [0.4, 0.5) is 0 Å². The van der Waals surface area contributed by atoms with Gasteiger partial charge in [0, 0.05) is 32.6 Å². The molecular formula is C23H40N2O2. The topological polar surface area (TPSA) is 32.8 Å². The summed E-state index contributed by atoms with van der Waals surface area (Å²) < 4.78 is 5.35. The first kappa shape index (κ1) is 20.9. The average Bonchev–Trinajstić information content (AvgIpc) is 2.66. The van der Waals surface area contributed by atoms with Crippen LogP contribution in [0.1, 0.15) is 72.1 Å². The number of rotatable bonds is 6. The fraction of sp³-hybridized carbons (Fsp3) is 0.870. The second-order valence-electron chi connectivity index (χ2n) is 9.59. The van der Waals surface area contributed by atoms with Gasteiger partial charge in [0.15, 0.2) is 0 Å². The molecule has 154 valence electrons. The summed E-state index contributed by atoms with van der Waals surface area (Å²) in [6.45, 7) is 13.8. The third-order valence-corrected chi connectivity index (χ3v) is 7.10. The molecule has 2 heterocycles. The number of hydrogen-bond donors (Lipinski definition) is 0. The zero-order chi connectivity index (χ0) is 19.3. The van der Waals surface area contributed by atoms with Gasteiger partial charge in [0.1, 0.15) is 0 Å². The van der Waals surface area contributed by atoms with Gasteiger partial charge in [0.05, 0.1) is 13.2 Å². The number of hydrogen-bond acceptors (Lipinski definition) is 3. The van der Waals surface area contributed by atoms with E-state index in [1.54, 1.807) is 11.1 Å². The van der Waals surface area contributed by atoms with Gasteiger partial charge in [0.2, 0.25) is 5.91 Å². The molecule has 0 bridgehead atoms. The van der Waals surface area contributed by atoms with Gasteiger partial charge in [0.25, 0.3) is 0 Å². The number of morpholine rings is 1. The van der Waals surface area contributed by atoms with Crippen molar-refractivity contribution < 1.29 is 9.53 Å². The lowest BCUT2D eigenvalue weighted by Gasteiger charge is -2.38. The molecule has 1 aliphatic carbocycles. The van der Waals surface area contributed by atoms with Gasteiger partial charge in [-0.1, -0.05) is 25.0 Å². The number of piperidine rings is 1. The van der Waals surface area contributed by atoms with Crippen molar-refractivity contribution in [2.24, 2.45) is 11.3 Å². The molecule has 2 fully saturated rings. The second kappa shape index (κ2) is 9.56. The molecule has 1 unspecified atom stereocenters. The van der Waals surface area contributed by atoms with Crippen LogP contribution in [0.3, 0.4) is 0 Å². The Morgan fingerprint density at radius 3 is 2.70 bits per heavy atom. The Hall–Kier alpha value is -0.870. The lowest BCUT2D eigenvalue weighted by Crippen LogP contribution is -2.41. The van der Waals surface area contributed by atoms with Gasteiger partial charge in [-0.2, -0.15) is 0 Å². The molecule has 3 aliphatic rings. The number of ether oxygens (including phenoxy) is 1. The maximum atomic E-state index is 12.4. The van der Waals surface area contributed by atoms with Crippen molar-refractivity contribution in [1.29, 1.82) is 0 Å². The van der Waals surface area contributed by atoms with Gasteiger partial charge < -0.3 is 14.5 Å². The highest BCUT2D eigenvalue weighted by Crippen LogP contribution is 2.41. The maximum absolute atomic E-state index is 12.4. The number of amides is 1. The minimum absolute atomic E-state index is 0.333. The third-order valence-electron chi connectivity index (χ3n) is 7.10. The highest BCUT2D eigenvalue weighted by Gasteiger charge is 2.29. The molecule has 0 aromatic carbocycles. The van der Waals surface area contributed by atoms with E-state index in [4.69, 9.17) is 4.74 Å². The summed E-state index contributed by atoms with van der Waals surface area (Å²) >= 11 is 0. The Morgan fingerprint density at radius 2 is 1.96 bits per heavy atom. The summed E-state index contributed by atoms with van der Waals surface area (Å²) in [6.07, 6.45) is 9.58. The molecule has 3 rings (SSSR count). The summed E-state index contributed by atoms with van der Waals surface area (Å²) in [5, 5.41) is 0. The van der Waals surface area contributed by atoms with Crippen molar-refractivity contribution in [2.75, 3.05) is 45.9 Å². The normalized spacial score (nSPS) is 27.1. The van der Waals surface area contributed by atoms with Crippen LogP contribution in [0.25, 0.3) is 0 Å². The van der Waals surface area contributed by atoms with E-state index in [1.807, 2.05) is 4.90 Å². The van der Waals surface area contributed by atoms with E-state index in [2.05, 4.69) is 25.7 Å². The number of carbonyl (C=O) groups excluding carboxylic acids is 1. The van der Waals surface area contributed by atoms with Gasteiger partial charge in [-0.15, -0.1) is 0 Å². The molecule has 27 heavy (non-hydrogen) atoms. The first-order valence-electron chi connectivity index (χ1n) is 11.2. The molecule has 2 saturated heterocycles. The van der Waals surface area contributed by atoms with E-state index in [0.29, 0.717) is 30.5 Å². The van der Waals surface area contributed by atoms with Crippen molar-refractivity contribution in [3.05, 3.63) is 11.1 Å². The number of allylic oxidation sites excluding steroid dienone is 1. The predicted molar refractivity (Wildman–Crippen MR) is 111 cm³/mol. The third kappa shape index (κ3) is 5.80. The molecule has 1 amide bonds. The summed E-state index contributed by atoms with van der Waals surface area (Å²) in [6, 6.07) is 0. The Morgan fingerprint density at radius 1 is 1.19 bits per heavy atom. The number of likely N-dealkylation sites (tertiary alicyclic amines) is 1. The molecule has 4 nitrogen and oxygen atoms in total. The molecule has 0 radical (unpaired) electrons. The monoisotopic (exact) mass is 376 g/mol. The van der Waals surface area contributed by atoms with Gasteiger partial charge in [-0.25, -0.2) is 0 Å². The molecule has 0 N–H and O–H groups in total. The fourth-order valence-corrected chi connectivity index (χ4v) is 5.39. The molecule has 0 saturated carbocycles. The Kier molecular flexibility index (Phi) is 7.38. The molecule has 0 spiro atoms. The molecule has 0 aromatic rings. The maximum Gasteiger partial charge on any atom is 0.222 e. The molecule has 4 heteroatoms. The predicted octanol–water partition coefficient (Wildman–Crippen LogP) is 4.25. The zero-order valence-corrected chi connectivity index (χ0v) is 17.9. The van der Waals surface area contributed by atoms with E-state index in [9.17, 15) is 4.79 Å². The Bertz CT molecular complexity index is 534. The Labute approximate surface area is 166 Å². The average molecular weight is 377 g/mol. The smallest absolute Gasteiger partial charge is 0.222 e. The van der Waals surface area contributed by atoms with Crippen LogP contribution in [0.15, 0.2) is 11.1 Å². The van der Waals surface area contributed by atoms with E-state index < -0.39 is 0 Å². The van der Waals surface area contributed by atoms with Crippen LogP contribution in [0.5, 0.6) is 0 Å². The first-order valence-corrected chi connectivity index (χ1v) is 11.2. The highest BCUT2D eigenvalue weighted by atomic mass is 16.5. The van der Waals surface area contributed by atoms with E-state index in [-0.39, 0.29) is 0 Å². The molecule has 2 aliphatic heterocycles. The Balaban J connectivity index is 1.43. The summed E-state index contributed by atoms with van der Waals surface area (Å²) in [4.78, 5) is 17.1. The van der Waals surface area contributed by atoms with Crippen LogP contribution >= 0.6 is 0 Å². The fourth-order valence-electron chi connectivity index (χ4n) is 5.39. The van der Waals surface area contributed by atoms with Crippen molar-refractivity contribution in [1.82, 2.24) is 9.80 Å². The van der Waals surface area contributed by atoms with Gasteiger partial charge in [-0.3, -0.25) is 4.79 Å². The van der Waals surface area contributed by atoms with Crippen LogP contribution in [-0.2, 0) is 9.53 Å². The van der Waals surface area contributed by atoms with Crippen molar-refractivity contribution in [2.45, 2.75) is 72.1 Å². The molecular weight excluding hydrogens is 336 g/mol. The van der Waals surface area contributed by atoms with E-state index in [0.717, 1.165) is 25.9 Å². The largest absolute Gasteiger partial charge is 0.378 e. The van der Waals surface area contributed by atoms with Crippen molar-refractivity contribution in [3.63, 3.8) is 0 Å².